The first kappa shape index (κ1) is 12.2. The van der Waals surface area contributed by atoms with Crippen molar-refractivity contribution in [1.82, 2.24) is 14.3 Å². The maximum Gasteiger partial charge on any atom is 0.272 e. The summed E-state index contributed by atoms with van der Waals surface area (Å²) in [7, 11) is 0. The van der Waals surface area contributed by atoms with Gasteiger partial charge in [-0.25, -0.2) is 4.98 Å². The van der Waals surface area contributed by atoms with E-state index in [1.165, 1.54) is 0 Å². The van der Waals surface area contributed by atoms with Gasteiger partial charge in [-0.2, -0.15) is 0 Å². The minimum Gasteiger partial charge on any atom is -0.337 e. The number of piperidine rings is 1. The molecule has 2 aromatic heterocycles. The zero-order chi connectivity index (χ0) is 13.4. The van der Waals surface area contributed by atoms with E-state index in [-0.39, 0.29) is 5.91 Å². The van der Waals surface area contributed by atoms with Crippen LogP contribution in [0, 0.1) is 12.8 Å². The van der Waals surface area contributed by atoms with E-state index in [4.69, 9.17) is 0 Å². The lowest BCUT2D eigenvalue weighted by molar-refractivity contribution is 0.0689. The SMILES string of the molecule is Cc1nc2ccccn2c1C(=O)N1CCC(C)CC1. The van der Waals surface area contributed by atoms with Gasteiger partial charge in [-0.05, 0) is 37.8 Å². The van der Waals surface area contributed by atoms with Gasteiger partial charge in [-0.1, -0.05) is 13.0 Å². The standard InChI is InChI=1S/C15H19N3O/c1-11-6-9-17(10-7-11)15(19)14-12(2)16-13-5-3-4-8-18(13)14/h3-5,8,11H,6-7,9-10H2,1-2H3. The number of pyridine rings is 1. The molecule has 3 rings (SSSR count). The van der Waals surface area contributed by atoms with E-state index in [2.05, 4.69) is 11.9 Å². The topological polar surface area (TPSA) is 37.6 Å². The summed E-state index contributed by atoms with van der Waals surface area (Å²) in [6.07, 6.45) is 4.11. The highest BCUT2D eigenvalue weighted by atomic mass is 16.2. The van der Waals surface area contributed by atoms with Gasteiger partial charge in [0.25, 0.3) is 5.91 Å². The Balaban J connectivity index is 1.95. The molecule has 0 spiro atoms. The number of amides is 1. The summed E-state index contributed by atoms with van der Waals surface area (Å²) in [5, 5.41) is 0. The van der Waals surface area contributed by atoms with E-state index in [0.29, 0.717) is 5.69 Å². The van der Waals surface area contributed by atoms with Crippen molar-refractivity contribution in [2.45, 2.75) is 26.7 Å². The third-order valence-electron chi connectivity index (χ3n) is 3.98. The number of hydrogen-bond acceptors (Lipinski definition) is 2. The summed E-state index contributed by atoms with van der Waals surface area (Å²) < 4.78 is 1.90. The van der Waals surface area contributed by atoms with Crippen molar-refractivity contribution in [3.05, 3.63) is 35.8 Å². The molecule has 0 bridgehead atoms. The van der Waals surface area contributed by atoms with Crippen LogP contribution in [0.5, 0.6) is 0 Å². The van der Waals surface area contributed by atoms with Crippen LogP contribution in [0.15, 0.2) is 24.4 Å². The number of carbonyl (C=O) groups is 1. The van der Waals surface area contributed by atoms with Gasteiger partial charge >= 0.3 is 0 Å². The molecule has 1 saturated heterocycles. The molecule has 1 amide bonds. The number of likely N-dealkylation sites (tertiary alicyclic amines) is 1. The molecule has 0 aliphatic carbocycles. The van der Waals surface area contributed by atoms with Crippen molar-refractivity contribution in [1.29, 1.82) is 0 Å². The molecule has 4 nitrogen and oxygen atoms in total. The highest BCUT2D eigenvalue weighted by molar-refractivity contribution is 5.94. The van der Waals surface area contributed by atoms with Gasteiger partial charge in [-0.3, -0.25) is 9.20 Å². The van der Waals surface area contributed by atoms with Gasteiger partial charge < -0.3 is 4.90 Å². The van der Waals surface area contributed by atoms with Crippen LogP contribution in [0.25, 0.3) is 5.65 Å². The predicted molar refractivity (Wildman–Crippen MR) is 74.2 cm³/mol. The van der Waals surface area contributed by atoms with Crippen molar-refractivity contribution in [2.75, 3.05) is 13.1 Å². The maximum absolute atomic E-state index is 12.7. The molecule has 19 heavy (non-hydrogen) atoms. The fraction of sp³-hybridized carbons (Fsp3) is 0.467. The molecule has 0 N–H and O–H groups in total. The van der Waals surface area contributed by atoms with Crippen LogP contribution >= 0.6 is 0 Å². The Labute approximate surface area is 113 Å². The Morgan fingerprint density at radius 3 is 2.79 bits per heavy atom. The second-order valence-corrected chi connectivity index (χ2v) is 5.45. The van der Waals surface area contributed by atoms with Crippen LogP contribution in [-0.4, -0.2) is 33.3 Å². The minimum absolute atomic E-state index is 0.114. The molecule has 0 radical (unpaired) electrons. The number of fused-ring (bicyclic) bond motifs is 1. The fourth-order valence-corrected chi connectivity index (χ4v) is 2.73. The first-order valence-electron chi connectivity index (χ1n) is 6.90. The molecule has 1 aliphatic rings. The second kappa shape index (κ2) is 4.68. The van der Waals surface area contributed by atoms with E-state index >= 15 is 0 Å². The number of carbonyl (C=O) groups excluding carboxylic acids is 1. The summed E-state index contributed by atoms with van der Waals surface area (Å²) >= 11 is 0. The number of hydrogen-bond donors (Lipinski definition) is 0. The van der Waals surface area contributed by atoms with E-state index in [9.17, 15) is 4.79 Å². The third kappa shape index (κ3) is 2.11. The van der Waals surface area contributed by atoms with E-state index < -0.39 is 0 Å². The Kier molecular flexibility index (Phi) is 3.01. The molecule has 3 heterocycles. The molecule has 4 heteroatoms. The predicted octanol–water partition coefficient (Wildman–Crippen LogP) is 2.51. The van der Waals surface area contributed by atoms with Crippen molar-refractivity contribution >= 4 is 11.6 Å². The Bertz CT molecular complexity index is 609. The van der Waals surface area contributed by atoms with Crippen molar-refractivity contribution in [3.63, 3.8) is 0 Å². The average Bonchev–Trinajstić information content (AvgIpc) is 2.74. The van der Waals surface area contributed by atoms with Crippen molar-refractivity contribution < 1.29 is 4.79 Å². The lowest BCUT2D eigenvalue weighted by atomic mass is 9.99. The number of imidazole rings is 1. The zero-order valence-electron chi connectivity index (χ0n) is 11.5. The molecule has 100 valence electrons. The van der Waals surface area contributed by atoms with Gasteiger partial charge in [0.15, 0.2) is 0 Å². The lowest BCUT2D eigenvalue weighted by Crippen LogP contribution is -2.38. The lowest BCUT2D eigenvalue weighted by Gasteiger charge is -2.30. The largest absolute Gasteiger partial charge is 0.337 e. The van der Waals surface area contributed by atoms with Gasteiger partial charge in [0, 0.05) is 19.3 Å². The van der Waals surface area contributed by atoms with E-state index in [1.54, 1.807) is 0 Å². The molecule has 0 saturated carbocycles. The molecule has 0 aromatic carbocycles. The van der Waals surface area contributed by atoms with E-state index in [0.717, 1.165) is 43.2 Å². The molecule has 0 atom stereocenters. The van der Waals surface area contributed by atoms with Crippen LogP contribution in [-0.2, 0) is 0 Å². The van der Waals surface area contributed by atoms with Crippen LogP contribution < -0.4 is 0 Å². The molecule has 2 aromatic rings. The quantitative estimate of drug-likeness (QED) is 0.787. The van der Waals surface area contributed by atoms with Gasteiger partial charge in [0.05, 0.1) is 5.69 Å². The fourth-order valence-electron chi connectivity index (χ4n) is 2.73. The highest BCUT2D eigenvalue weighted by Gasteiger charge is 2.25. The molecular formula is C15H19N3O. The number of rotatable bonds is 1. The Morgan fingerprint density at radius 2 is 2.05 bits per heavy atom. The Morgan fingerprint density at radius 1 is 1.32 bits per heavy atom. The molecule has 0 unspecified atom stereocenters. The van der Waals surface area contributed by atoms with Crippen LogP contribution in [0.4, 0.5) is 0 Å². The summed E-state index contributed by atoms with van der Waals surface area (Å²) in [6, 6.07) is 5.81. The Hall–Kier alpha value is -1.84. The zero-order valence-corrected chi connectivity index (χ0v) is 11.5. The first-order chi connectivity index (χ1) is 9.16. The first-order valence-corrected chi connectivity index (χ1v) is 6.90. The second-order valence-electron chi connectivity index (χ2n) is 5.45. The van der Waals surface area contributed by atoms with Crippen molar-refractivity contribution in [2.24, 2.45) is 5.92 Å². The summed E-state index contributed by atoms with van der Waals surface area (Å²) in [5.41, 5.74) is 2.37. The maximum atomic E-state index is 12.7. The van der Waals surface area contributed by atoms with Crippen LogP contribution in [0.2, 0.25) is 0 Å². The number of aromatic nitrogens is 2. The highest BCUT2D eigenvalue weighted by Crippen LogP contribution is 2.20. The van der Waals surface area contributed by atoms with Gasteiger partial charge in [-0.15, -0.1) is 0 Å². The van der Waals surface area contributed by atoms with E-state index in [1.807, 2.05) is 40.6 Å². The van der Waals surface area contributed by atoms with Gasteiger partial charge in [0.2, 0.25) is 0 Å². The minimum atomic E-state index is 0.114. The third-order valence-corrected chi connectivity index (χ3v) is 3.98. The number of aryl methyl sites for hydroxylation is 1. The average molecular weight is 257 g/mol. The normalized spacial score (nSPS) is 17.1. The number of nitrogens with zero attached hydrogens (tertiary/aromatic N) is 3. The van der Waals surface area contributed by atoms with Crippen LogP contribution in [0.1, 0.15) is 35.9 Å². The molecule has 1 fully saturated rings. The smallest absolute Gasteiger partial charge is 0.272 e. The molecule has 1 aliphatic heterocycles. The van der Waals surface area contributed by atoms with Gasteiger partial charge in [0.1, 0.15) is 11.3 Å². The monoisotopic (exact) mass is 257 g/mol. The summed E-state index contributed by atoms with van der Waals surface area (Å²) in [5.74, 6) is 0.843. The van der Waals surface area contributed by atoms with Crippen molar-refractivity contribution in [3.8, 4) is 0 Å². The molecular weight excluding hydrogens is 238 g/mol. The van der Waals surface area contributed by atoms with Crippen LogP contribution in [0.3, 0.4) is 0 Å². The summed E-state index contributed by atoms with van der Waals surface area (Å²) in [6.45, 7) is 5.88. The summed E-state index contributed by atoms with van der Waals surface area (Å²) in [4.78, 5) is 19.1.